The maximum absolute atomic E-state index is 13.6. The van der Waals surface area contributed by atoms with Gasteiger partial charge in [-0.15, -0.1) is 0 Å². The molecule has 208 valence electrons. The van der Waals surface area contributed by atoms with E-state index >= 15 is 0 Å². The lowest BCUT2D eigenvalue weighted by molar-refractivity contribution is -0.198. The number of carbonyl (C=O) groups excluding carboxylic acids is 4. The zero-order valence-corrected chi connectivity index (χ0v) is 23.3. The molecule has 6 aliphatic rings. The largest absolute Gasteiger partial charge is 0.465 e. The van der Waals surface area contributed by atoms with Gasteiger partial charge in [0, 0.05) is 11.5 Å². The van der Waals surface area contributed by atoms with Gasteiger partial charge in [-0.3, -0.25) is 14.4 Å². The van der Waals surface area contributed by atoms with Crippen LogP contribution < -0.4 is 0 Å². The molecule has 0 aromatic heterocycles. The van der Waals surface area contributed by atoms with Gasteiger partial charge in [-0.2, -0.15) is 0 Å². The number of fused-ring (bicyclic) bond motifs is 1. The number of carbonyl (C=O) groups is 4. The number of allylic oxidation sites excluding steroid dienone is 2. The molecule has 8 atom stereocenters. The van der Waals surface area contributed by atoms with E-state index in [-0.39, 0.29) is 59.0 Å². The molecular formula is C31H42O7. The van der Waals surface area contributed by atoms with Crippen molar-refractivity contribution >= 4 is 23.9 Å². The van der Waals surface area contributed by atoms with Crippen LogP contribution in [0.1, 0.15) is 79.1 Å². The van der Waals surface area contributed by atoms with Gasteiger partial charge in [-0.05, 0) is 81.0 Å². The molecule has 4 fully saturated rings. The fourth-order valence-electron chi connectivity index (χ4n) is 9.51. The fraction of sp³-hybridized carbons (Fsp3) is 0.742. The van der Waals surface area contributed by atoms with Gasteiger partial charge < -0.3 is 14.2 Å². The third kappa shape index (κ3) is 3.90. The molecule has 0 aromatic carbocycles. The molecule has 1 aliphatic heterocycles. The zero-order valence-electron chi connectivity index (χ0n) is 23.3. The molecule has 0 aromatic rings. The second kappa shape index (κ2) is 9.63. The van der Waals surface area contributed by atoms with Crippen LogP contribution in [0.25, 0.3) is 0 Å². The summed E-state index contributed by atoms with van der Waals surface area (Å²) in [7, 11) is 0. The van der Waals surface area contributed by atoms with Crippen molar-refractivity contribution in [3.05, 3.63) is 24.3 Å². The Bertz CT molecular complexity index is 1070. The molecule has 5 aliphatic carbocycles. The Labute approximate surface area is 225 Å². The smallest absolute Gasteiger partial charge is 0.330 e. The van der Waals surface area contributed by atoms with Gasteiger partial charge in [0.2, 0.25) is 0 Å². The van der Waals surface area contributed by atoms with Crippen molar-refractivity contribution in [2.24, 2.45) is 51.8 Å². The van der Waals surface area contributed by atoms with Crippen LogP contribution in [-0.2, 0) is 33.4 Å². The summed E-state index contributed by atoms with van der Waals surface area (Å²) in [6.07, 6.45) is 10.0. The van der Waals surface area contributed by atoms with Crippen molar-refractivity contribution < 1.29 is 33.4 Å². The number of ether oxygens (including phenoxy) is 3. The first kappa shape index (κ1) is 27.1. The van der Waals surface area contributed by atoms with Crippen LogP contribution in [-0.4, -0.2) is 37.1 Å². The minimum atomic E-state index is -0.587. The Hall–Kier alpha value is -2.44. The lowest BCUT2D eigenvalue weighted by Gasteiger charge is -2.68. The Morgan fingerprint density at radius 3 is 2.47 bits per heavy atom. The first-order valence-electron chi connectivity index (χ1n) is 14.4. The van der Waals surface area contributed by atoms with Crippen molar-refractivity contribution in [3.8, 4) is 0 Å². The highest BCUT2D eigenvalue weighted by atomic mass is 16.6. The molecule has 2 bridgehead atoms. The lowest BCUT2D eigenvalue weighted by atomic mass is 9.34. The van der Waals surface area contributed by atoms with Crippen molar-refractivity contribution in [1.82, 2.24) is 0 Å². The van der Waals surface area contributed by atoms with E-state index in [9.17, 15) is 19.2 Å². The van der Waals surface area contributed by atoms with Gasteiger partial charge in [-0.25, -0.2) is 4.79 Å². The quantitative estimate of drug-likeness (QED) is 0.107. The topological polar surface area (TPSA) is 96.0 Å². The second-order valence-corrected chi connectivity index (χ2v) is 13.1. The Balaban J connectivity index is 1.36. The van der Waals surface area contributed by atoms with Crippen molar-refractivity contribution in [2.75, 3.05) is 13.2 Å². The van der Waals surface area contributed by atoms with E-state index in [1.165, 1.54) is 5.57 Å². The van der Waals surface area contributed by atoms with Crippen LogP contribution >= 0.6 is 0 Å². The SMILES string of the molecule is C=CC(=O)OCCCCOC(=O)[C@]1(C)CCC[C@@]2(C)[C@H]1CC[C@@]13C=C(C(C)C)C(C[C@H]21)C1C(=O)OC(=O)C13. The highest BCUT2D eigenvalue weighted by Gasteiger charge is 2.73. The Morgan fingerprint density at radius 1 is 1.08 bits per heavy atom. The van der Waals surface area contributed by atoms with Crippen molar-refractivity contribution in [3.63, 3.8) is 0 Å². The highest BCUT2D eigenvalue weighted by molar-refractivity contribution is 5.98. The number of esters is 4. The van der Waals surface area contributed by atoms with E-state index in [0.29, 0.717) is 25.4 Å². The third-order valence-corrected chi connectivity index (χ3v) is 11.1. The average molecular weight is 527 g/mol. The lowest BCUT2D eigenvalue weighted by Crippen LogP contribution is -2.65. The molecule has 1 saturated heterocycles. The number of cyclic esters (lactones) is 2. The van der Waals surface area contributed by atoms with E-state index in [0.717, 1.165) is 44.6 Å². The summed E-state index contributed by atoms with van der Waals surface area (Å²) in [5, 5.41) is 0. The Morgan fingerprint density at radius 2 is 1.79 bits per heavy atom. The molecule has 7 heteroatoms. The average Bonchev–Trinajstić information content (AvgIpc) is 3.20. The maximum Gasteiger partial charge on any atom is 0.330 e. The van der Waals surface area contributed by atoms with Gasteiger partial charge in [0.05, 0.1) is 30.5 Å². The van der Waals surface area contributed by atoms with Gasteiger partial charge in [0.15, 0.2) is 0 Å². The number of hydrogen-bond acceptors (Lipinski definition) is 7. The molecule has 0 radical (unpaired) electrons. The summed E-state index contributed by atoms with van der Waals surface area (Å²) in [6, 6.07) is 0. The number of rotatable bonds is 8. The van der Waals surface area contributed by atoms with Crippen LogP contribution in [0.3, 0.4) is 0 Å². The van der Waals surface area contributed by atoms with E-state index in [1.807, 2.05) is 0 Å². The minimum Gasteiger partial charge on any atom is -0.465 e. The molecule has 0 N–H and O–H groups in total. The number of hydrogen-bond donors (Lipinski definition) is 0. The molecule has 0 amide bonds. The maximum atomic E-state index is 13.6. The van der Waals surface area contributed by atoms with Crippen LogP contribution in [0.5, 0.6) is 0 Å². The zero-order chi connectivity index (χ0) is 27.5. The summed E-state index contributed by atoms with van der Waals surface area (Å²) < 4.78 is 16.1. The standard InChI is InChI=1S/C31H42O7/c1-6-23(32)36-14-7-8-15-37-28(35)30(5)12-9-11-29(4)21(30)10-13-31-17-20(18(2)3)19(16-22(29)31)24-25(31)27(34)38-26(24)33/h6,17-19,21-22,24-25H,1,7-16H2,2-5H3/t19?,21-,22-,24?,25?,29+,30-,31-/m1/s1. The van der Waals surface area contributed by atoms with Crippen LogP contribution in [0, 0.1) is 51.8 Å². The molecule has 3 unspecified atom stereocenters. The summed E-state index contributed by atoms with van der Waals surface area (Å²) >= 11 is 0. The predicted octanol–water partition coefficient (Wildman–Crippen LogP) is 5.18. The molecular weight excluding hydrogens is 484 g/mol. The second-order valence-electron chi connectivity index (χ2n) is 13.1. The molecule has 6 rings (SSSR count). The summed E-state index contributed by atoms with van der Waals surface area (Å²) in [6.45, 7) is 12.7. The van der Waals surface area contributed by atoms with Gasteiger partial charge in [0.1, 0.15) is 0 Å². The molecule has 7 nitrogen and oxygen atoms in total. The van der Waals surface area contributed by atoms with Crippen LogP contribution in [0.15, 0.2) is 24.3 Å². The van der Waals surface area contributed by atoms with E-state index in [2.05, 4.69) is 40.3 Å². The molecule has 1 spiro atoms. The van der Waals surface area contributed by atoms with Crippen molar-refractivity contribution in [1.29, 1.82) is 0 Å². The monoisotopic (exact) mass is 526 g/mol. The van der Waals surface area contributed by atoms with E-state index < -0.39 is 17.3 Å². The first-order chi connectivity index (χ1) is 18.0. The third-order valence-electron chi connectivity index (χ3n) is 11.1. The first-order valence-corrected chi connectivity index (χ1v) is 14.4. The van der Waals surface area contributed by atoms with Crippen LogP contribution in [0.2, 0.25) is 0 Å². The van der Waals surface area contributed by atoms with Crippen molar-refractivity contribution in [2.45, 2.75) is 79.1 Å². The summed E-state index contributed by atoms with van der Waals surface area (Å²) in [5.41, 5.74) is 0.222. The van der Waals surface area contributed by atoms with Gasteiger partial charge in [0.25, 0.3) is 0 Å². The fourth-order valence-corrected chi connectivity index (χ4v) is 9.51. The molecule has 1 heterocycles. The van der Waals surface area contributed by atoms with Gasteiger partial charge >= 0.3 is 23.9 Å². The summed E-state index contributed by atoms with van der Waals surface area (Å²) in [4.78, 5) is 50.7. The van der Waals surface area contributed by atoms with Gasteiger partial charge in [-0.1, -0.05) is 45.4 Å². The number of unbranched alkanes of at least 4 members (excludes halogenated alkanes) is 1. The van der Waals surface area contributed by atoms with Crippen LogP contribution in [0.4, 0.5) is 0 Å². The molecule has 3 saturated carbocycles. The predicted molar refractivity (Wildman–Crippen MR) is 139 cm³/mol. The highest BCUT2D eigenvalue weighted by Crippen LogP contribution is 2.74. The van der Waals surface area contributed by atoms with E-state index in [1.54, 1.807) is 0 Å². The minimum absolute atomic E-state index is 0.0386. The molecule has 38 heavy (non-hydrogen) atoms. The normalized spacial score (nSPS) is 41.0. The summed E-state index contributed by atoms with van der Waals surface area (Å²) in [5.74, 6) is -1.27. The Kier molecular flexibility index (Phi) is 6.88. The van der Waals surface area contributed by atoms with E-state index in [4.69, 9.17) is 14.2 Å².